The van der Waals surface area contributed by atoms with Gasteiger partial charge in [0.1, 0.15) is 11.5 Å². The zero-order valence-electron chi connectivity index (χ0n) is 9.59. The molecule has 3 N–H and O–H groups in total. The number of aromatic hydroxyl groups is 2. The van der Waals surface area contributed by atoms with Gasteiger partial charge in [-0.25, -0.2) is 0 Å². The molecule has 0 atom stereocenters. The SMILES string of the molecule is O=C(NCCc1ccsc1)c1cc(O)cc(O)c1. The van der Waals surface area contributed by atoms with Gasteiger partial charge in [-0.1, -0.05) is 0 Å². The molecule has 0 fully saturated rings. The minimum absolute atomic E-state index is 0.127. The minimum atomic E-state index is -0.309. The molecule has 0 saturated heterocycles. The van der Waals surface area contributed by atoms with Crippen molar-refractivity contribution < 1.29 is 15.0 Å². The Bertz CT molecular complexity index is 517. The molecule has 1 aromatic heterocycles. The average Bonchev–Trinajstić information content (AvgIpc) is 2.80. The Labute approximate surface area is 109 Å². The van der Waals surface area contributed by atoms with Crippen molar-refractivity contribution in [3.05, 3.63) is 46.2 Å². The molecule has 5 heteroatoms. The van der Waals surface area contributed by atoms with Gasteiger partial charge in [0.2, 0.25) is 0 Å². The van der Waals surface area contributed by atoms with E-state index in [1.54, 1.807) is 11.3 Å². The van der Waals surface area contributed by atoms with Gasteiger partial charge in [-0.05, 0) is 40.9 Å². The normalized spacial score (nSPS) is 10.2. The van der Waals surface area contributed by atoms with Crippen LogP contribution in [-0.2, 0) is 6.42 Å². The van der Waals surface area contributed by atoms with Crippen molar-refractivity contribution in [2.45, 2.75) is 6.42 Å². The van der Waals surface area contributed by atoms with E-state index in [2.05, 4.69) is 5.32 Å². The lowest BCUT2D eigenvalue weighted by Crippen LogP contribution is -2.25. The third-order valence-electron chi connectivity index (χ3n) is 2.44. The fourth-order valence-electron chi connectivity index (χ4n) is 1.58. The zero-order chi connectivity index (χ0) is 13.0. The van der Waals surface area contributed by atoms with Gasteiger partial charge in [-0.3, -0.25) is 4.79 Å². The molecule has 18 heavy (non-hydrogen) atoms. The fraction of sp³-hybridized carbons (Fsp3) is 0.154. The molecule has 0 spiro atoms. The second kappa shape index (κ2) is 5.55. The number of phenols is 2. The summed E-state index contributed by atoms with van der Waals surface area (Å²) in [6, 6.07) is 5.83. The number of amides is 1. The van der Waals surface area contributed by atoms with Crippen molar-refractivity contribution in [2.75, 3.05) is 6.54 Å². The van der Waals surface area contributed by atoms with Gasteiger partial charge in [-0.15, -0.1) is 0 Å². The van der Waals surface area contributed by atoms with Gasteiger partial charge < -0.3 is 15.5 Å². The van der Waals surface area contributed by atoms with E-state index in [9.17, 15) is 15.0 Å². The molecule has 1 amide bonds. The largest absolute Gasteiger partial charge is 0.508 e. The van der Waals surface area contributed by atoms with Crippen molar-refractivity contribution in [2.24, 2.45) is 0 Å². The summed E-state index contributed by atoms with van der Waals surface area (Å²) in [5, 5.41) is 25.3. The number of phenolic OH excluding ortho intramolecular Hbond substituents is 2. The van der Waals surface area contributed by atoms with Gasteiger partial charge in [0.05, 0.1) is 0 Å². The molecular formula is C13H13NO3S. The molecule has 0 saturated carbocycles. The van der Waals surface area contributed by atoms with Crippen LogP contribution in [0.2, 0.25) is 0 Å². The van der Waals surface area contributed by atoms with Gasteiger partial charge in [-0.2, -0.15) is 11.3 Å². The van der Waals surface area contributed by atoms with Crippen LogP contribution in [0, 0.1) is 0 Å². The number of thiophene rings is 1. The molecule has 2 rings (SSSR count). The van der Waals surface area contributed by atoms with Crippen LogP contribution in [0.25, 0.3) is 0 Å². The zero-order valence-corrected chi connectivity index (χ0v) is 10.4. The maximum absolute atomic E-state index is 11.7. The summed E-state index contributed by atoms with van der Waals surface area (Å²) in [5.74, 6) is -0.563. The molecule has 0 bridgehead atoms. The van der Waals surface area contributed by atoms with Crippen molar-refractivity contribution in [1.82, 2.24) is 5.32 Å². The highest BCUT2D eigenvalue weighted by Crippen LogP contribution is 2.20. The second-order valence-corrected chi connectivity index (χ2v) is 4.66. The lowest BCUT2D eigenvalue weighted by Gasteiger charge is -2.05. The molecule has 4 nitrogen and oxygen atoms in total. The van der Waals surface area contributed by atoms with Gasteiger partial charge >= 0.3 is 0 Å². The number of benzene rings is 1. The van der Waals surface area contributed by atoms with Crippen LogP contribution < -0.4 is 5.32 Å². The number of carbonyl (C=O) groups is 1. The van der Waals surface area contributed by atoms with Crippen LogP contribution >= 0.6 is 11.3 Å². The molecule has 0 unspecified atom stereocenters. The number of hydrogen-bond donors (Lipinski definition) is 3. The summed E-state index contributed by atoms with van der Waals surface area (Å²) < 4.78 is 0. The lowest BCUT2D eigenvalue weighted by molar-refractivity contribution is 0.0953. The first-order chi connectivity index (χ1) is 8.65. The molecular weight excluding hydrogens is 250 g/mol. The summed E-state index contributed by atoms with van der Waals surface area (Å²) in [4.78, 5) is 11.7. The van der Waals surface area contributed by atoms with E-state index in [4.69, 9.17) is 0 Å². The standard InChI is InChI=1S/C13H13NO3S/c15-11-5-10(6-12(16)7-11)13(17)14-3-1-9-2-4-18-8-9/h2,4-8,15-16H,1,3H2,(H,14,17). The Balaban J connectivity index is 1.91. The summed E-state index contributed by atoms with van der Waals surface area (Å²) >= 11 is 1.62. The van der Waals surface area contributed by atoms with Gasteiger partial charge in [0.25, 0.3) is 5.91 Å². The summed E-state index contributed by atoms with van der Waals surface area (Å²) in [6.07, 6.45) is 0.764. The maximum Gasteiger partial charge on any atom is 0.251 e. The first kappa shape index (κ1) is 12.4. The first-order valence-electron chi connectivity index (χ1n) is 5.47. The van der Waals surface area contributed by atoms with E-state index in [0.29, 0.717) is 6.54 Å². The third-order valence-corrected chi connectivity index (χ3v) is 3.18. The van der Waals surface area contributed by atoms with E-state index in [1.807, 2.05) is 16.8 Å². The van der Waals surface area contributed by atoms with Crippen molar-refractivity contribution in [1.29, 1.82) is 0 Å². The smallest absolute Gasteiger partial charge is 0.251 e. The van der Waals surface area contributed by atoms with E-state index < -0.39 is 0 Å². The summed E-state index contributed by atoms with van der Waals surface area (Å²) in [6.45, 7) is 0.520. The quantitative estimate of drug-likeness (QED) is 0.791. The molecule has 1 aromatic carbocycles. The first-order valence-corrected chi connectivity index (χ1v) is 6.42. The Morgan fingerprint density at radius 3 is 2.56 bits per heavy atom. The van der Waals surface area contributed by atoms with E-state index >= 15 is 0 Å². The van der Waals surface area contributed by atoms with E-state index in [1.165, 1.54) is 23.8 Å². The van der Waals surface area contributed by atoms with Crippen molar-refractivity contribution >= 4 is 17.2 Å². The fourth-order valence-corrected chi connectivity index (χ4v) is 2.29. The highest BCUT2D eigenvalue weighted by molar-refractivity contribution is 7.07. The molecule has 0 radical (unpaired) electrons. The number of hydrogen-bond acceptors (Lipinski definition) is 4. The topological polar surface area (TPSA) is 69.6 Å². The summed E-state index contributed by atoms with van der Waals surface area (Å²) in [5.41, 5.74) is 1.43. The van der Waals surface area contributed by atoms with Crippen LogP contribution in [-0.4, -0.2) is 22.7 Å². The Morgan fingerprint density at radius 2 is 1.94 bits per heavy atom. The second-order valence-electron chi connectivity index (χ2n) is 3.88. The van der Waals surface area contributed by atoms with Crippen LogP contribution in [0.5, 0.6) is 11.5 Å². The maximum atomic E-state index is 11.7. The van der Waals surface area contributed by atoms with Gasteiger partial charge in [0, 0.05) is 18.2 Å². The minimum Gasteiger partial charge on any atom is -0.508 e. The Hall–Kier alpha value is -2.01. The van der Waals surface area contributed by atoms with Crippen LogP contribution in [0.4, 0.5) is 0 Å². The summed E-state index contributed by atoms with van der Waals surface area (Å²) in [7, 11) is 0. The number of rotatable bonds is 4. The van der Waals surface area contributed by atoms with Crippen molar-refractivity contribution in [3.63, 3.8) is 0 Å². The van der Waals surface area contributed by atoms with E-state index in [-0.39, 0.29) is 23.0 Å². The van der Waals surface area contributed by atoms with Crippen LogP contribution in [0.1, 0.15) is 15.9 Å². The predicted octanol–water partition coefficient (Wildman–Crippen LogP) is 2.13. The van der Waals surface area contributed by atoms with Crippen molar-refractivity contribution in [3.8, 4) is 11.5 Å². The molecule has 0 aliphatic heterocycles. The third kappa shape index (κ3) is 3.24. The molecule has 1 heterocycles. The Morgan fingerprint density at radius 1 is 1.22 bits per heavy atom. The molecule has 2 aromatic rings. The lowest BCUT2D eigenvalue weighted by atomic mass is 10.2. The number of carbonyl (C=O) groups excluding carboxylic acids is 1. The highest BCUT2D eigenvalue weighted by Gasteiger charge is 2.07. The van der Waals surface area contributed by atoms with Crippen LogP contribution in [0.15, 0.2) is 35.0 Å². The van der Waals surface area contributed by atoms with Crippen LogP contribution in [0.3, 0.4) is 0 Å². The highest BCUT2D eigenvalue weighted by atomic mass is 32.1. The molecule has 0 aliphatic carbocycles. The average molecular weight is 263 g/mol. The molecule has 94 valence electrons. The monoisotopic (exact) mass is 263 g/mol. The number of nitrogens with one attached hydrogen (secondary N) is 1. The predicted molar refractivity (Wildman–Crippen MR) is 70.1 cm³/mol. The molecule has 0 aliphatic rings. The van der Waals surface area contributed by atoms with E-state index in [0.717, 1.165) is 6.42 Å². The van der Waals surface area contributed by atoms with Gasteiger partial charge in [0.15, 0.2) is 0 Å². The Kier molecular flexibility index (Phi) is 3.84.